The van der Waals surface area contributed by atoms with Crippen LogP contribution in [0.1, 0.15) is 78.0 Å². The van der Waals surface area contributed by atoms with Crippen LogP contribution in [0.5, 0.6) is 0 Å². The van der Waals surface area contributed by atoms with Crippen LogP contribution in [0.25, 0.3) is 16.4 Å². The van der Waals surface area contributed by atoms with Crippen LogP contribution in [0.15, 0.2) is 36.7 Å². The van der Waals surface area contributed by atoms with Gasteiger partial charge in [0.05, 0.1) is 5.39 Å². The van der Waals surface area contributed by atoms with E-state index < -0.39 is 0 Å². The van der Waals surface area contributed by atoms with Crippen LogP contribution in [0.2, 0.25) is 0 Å². The molecular formula is C23H31N2+. The highest BCUT2D eigenvalue weighted by molar-refractivity contribution is 5.97. The van der Waals surface area contributed by atoms with E-state index in [1.165, 1.54) is 35.0 Å². The largest absolute Gasteiger partial charge is 0.295 e. The van der Waals surface area contributed by atoms with Crippen molar-refractivity contribution >= 4 is 16.4 Å². The molecule has 0 saturated heterocycles. The Morgan fingerprint density at radius 2 is 1.80 bits per heavy atom. The standard InChI is InChI=1S/C23H31N2/c1-7-22(6)23(8-2,9-3)18-12-10-11-17-15-19(16(4)5)24-13-14-25(22)21(24)20(17)18/h10-16H,7-9H2,1-6H3/q+1. The molecular weight excluding hydrogens is 304 g/mol. The van der Waals surface area contributed by atoms with E-state index in [1.54, 1.807) is 5.56 Å². The summed E-state index contributed by atoms with van der Waals surface area (Å²) in [5.74, 6) is 0.505. The van der Waals surface area contributed by atoms with Crippen molar-refractivity contribution in [2.75, 3.05) is 0 Å². The Hall–Kier alpha value is -1.83. The molecule has 0 radical (unpaired) electrons. The minimum absolute atomic E-state index is 0.0993. The molecule has 2 heteroatoms. The fourth-order valence-corrected chi connectivity index (χ4v) is 5.67. The molecule has 1 aliphatic heterocycles. The van der Waals surface area contributed by atoms with Gasteiger partial charge in [0, 0.05) is 11.3 Å². The number of benzene rings is 1. The normalized spacial score (nSPS) is 21.7. The number of hydrogen-bond donors (Lipinski definition) is 0. The molecule has 0 spiro atoms. The molecule has 0 bridgehead atoms. The molecule has 4 rings (SSSR count). The fourth-order valence-electron chi connectivity index (χ4n) is 5.67. The monoisotopic (exact) mass is 335 g/mol. The number of pyridine rings is 1. The molecule has 3 heterocycles. The summed E-state index contributed by atoms with van der Waals surface area (Å²) in [7, 11) is 0. The SMILES string of the molecule is CCC1(CC)c2cccc3cc(C(C)C)n4cc[n+](c4c23)C1(C)CC. The third-order valence-corrected chi connectivity index (χ3v) is 7.29. The number of imidazole rings is 1. The Kier molecular flexibility index (Phi) is 3.55. The smallest absolute Gasteiger partial charge is 0.224 e. The van der Waals surface area contributed by atoms with E-state index in [9.17, 15) is 0 Å². The van der Waals surface area contributed by atoms with Gasteiger partial charge in [-0.25, -0.2) is 4.57 Å². The van der Waals surface area contributed by atoms with Gasteiger partial charge >= 0.3 is 0 Å². The fraction of sp³-hybridized carbons (Fsp3) is 0.522. The summed E-state index contributed by atoms with van der Waals surface area (Å²) in [4.78, 5) is 0. The first-order chi connectivity index (χ1) is 11.9. The average Bonchev–Trinajstić information content (AvgIpc) is 3.07. The van der Waals surface area contributed by atoms with Gasteiger partial charge in [-0.1, -0.05) is 52.8 Å². The quantitative estimate of drug-likeness (QED) is 0.541. The van der Waals surface area contributed by atoms with Crippen molar-refractivity contribution in [3.05, 3.63) is 47.9 Å². The maximum Gasteiger partial charge on any atom is 0.295 e. The van der Waals surface area contributed by atoms with Gasteiger partial charge in [-0.2, -0.15) is 4.40 Å². The molecule has 132 valence electrons. The Labute approximate surface area is 151 Å². The second-order valence-corrected chi connectivity index (χ2v) is 8.27. The van der Waals surface area contributed by atoms with E-state index in [1.807, 2.05) is 0 Å². The minimum atomic E-state index is 0.0993. The average molecular weight is 336 g/mol. The second kappa shape index (κ2) is 5.33. The molecule has 1 unspecified atom stereocenters. The van der Waals surface area contributed by atoms with Crippen molar-refractivity contribution in [1.82, 2.24) is 4.40 Å². The molecule has 2 aromatic heterocycles. The number of hydrogen-bond acceptors (Lipinski definition) is 0. The number of aromatic nitrogens is 2. The summed E-state index contributed by atoms with van der Waals surface area (Å²) >= 11 is 0. The topological polar surface area (TPSA) is 8.29 Å². The molecule has 3 aromatic rings. The molecule has 1 atom stereocenters. The molecule has 25 heavy (non-hydrogen) atoms. The molecule has 0 saturated carbocycles. The second-order valence-electron chi connectivity index (χ2n) is 8.27. The van der Waals surface area contributed by atoms with Crippen molar-refractivity contribution in [2.45, 2.75) is 77.7 Å². The number of rotatable bonds is 4. The Bertz CT molecular complexity index is 959. The van der Waals surface area contributed by atoms with Crippen LogP contribution < -0.4 is 4.57 Å². The van der Waals surface area contributed by atoms with Crippen LogP contribution in [-0.2, 0) is 11.0 Å². The zero-order valence-electron chi connectivity index (χ0n) is 16.6. The van der Waals surface area contributed by atoms with E-state index in [0.29, 0.717) is 5.92 Å². The van der Waals surface area contributed by atoms with Crippen LogP contribution in [0.4, 0.5) is 0 Å². The molecule has 2 nitrogen and oxygen atoms in total. The van der Waals surface area contributed by atoms with Gasteiger partial charge in [-0.05, 0) is 43.2 Å². The van der Waals surface area contributed by atoms with E-state index >= 15 is 0 Å². The van der Waals surface area contributed by atoms with Crippen molar-refractivity contribution in [1.29, 1.82) is 0 Å². The molecule has 0 amide bonds. The van der Waals surface area contributed by atoms with Crippen molar-refractivity contribution in [3.63, 3.8) is 0 Å². The molecule has 1 aromatic carbocycles. The van der Waals surface area contributed by atoms with E-state index in [2.05, 4.69) is 87.2 Å². The highest BCUT2D eigenvalue weighted by atomic mass is 15.2. The predicted molar refractivity (Wildman–Crippen MR) is 105 cm³/mol. The van der Waals surface area contributed by atoms with Crippen LogP contribution in [0, 0.1) is 0 Å². The van der Waals surface area contributed by atoms with Crippen molar-refractivity contribution < 1.29 is 4.57 Å². The van der Waals surface area contributed by atoms with E-state index in [4.69, 9.17) is 0 Å². The summed E-state index contributed by atoms with van der Waals surface area (Å²) < 4.78 is 5.04. The van der Waals surface area contributed by atoms with Crippen molar-refractivity contribution in [3.8, 4) is 0 Å². The van der Waals surface area contributed by atoms with Gasteiger partial charge < -0.3 is 0 Å². The molecule has 1 aliphatic rings. The molecule has 0 N–H and O–H groups in total. The summed E-state index contributed by atoms with van der Waals surface area (Å²) in [5.41, 5.74) is 4.62. The lowest BCUT2D eigenvalue weighted by Gasteiger charge is -2.48. The Balaban J connectivity index is 2.29. The van der Waals surface area contributed by atoms with E-state index in [0.717, 1.165) is 6.42 Å². The lowest BCUT2D eigenvalue weighted by Crippen LogP contribution is -2.66. The van der Waals surface area contributed by atoms with Gasteiger partial charge in [-0.3, -0.25) is 0 Å². The highest BCUT2D eigenvalue weighted by Crippen LogP contribution is 2.51. The van der Waals surface area contributed by atoms with Gasteiger partial charge in [0.1, 0.15) is 23.6 Å². The Morgan fingerprint density at radius 1 is 1.08 bits per heavy atom. The first-order valence-corrected chi connectivity index (χ1v) is 9.94. The number of nitrogens with zero attached hydrogens (tertiary/aromatic N) is 2. The van der Waals surface area contributed by atoms with Crippen LogP contribution >= 0.6 is 0 Å². The van der Waals surface area contributed by atoms with Crippen LogP contribution in [0.3, 0.4) is 0 Å². The predicted octanol–water partition coefficient (Wildman–Crippen LogP) is 5.70. The van der Waals surface area contributed by atoms with Gasteiger partial charge in [0.15, 0.2) is 0 Å². The van der Waals surface area contributed by atoms with Gasteiger partial charge in [-0.15, -0.1) is 0 Å². The van der Waals surface area contributed by atoms with Crippen LogP contribution in [-0.4, -0.2) is 4.40 Å². The van der Waals surface area contributed by atoms with E-state index in [-0.39, 0.29) is 11.0 Å². The summed E-state index contributed by atoms with van der Waals surface area (Å²) in [6, 6.07) is 9.38. The first kappa shape index (κ1) is 16.6. The lowest BCUT2D eigenvalue weighted by molar-refractivity contribution is -0.751. The zero-order valence-corrected chi connectivity index (χ0v) is 16.6. The maximum absolute atomic E-state index is 2.60. The van der Waals surface area contributed by atoms with Gasteiger partial charge in [0.25, 0.3) is 5.65 Å². The third kappa shape index (κ3) is 1.78. The minimum Gasteiger partial charge on any atom is -0.224 e. The van der Waals surface area contributed by atoms with Gasteiger partial charge in [0.2, 0.25) is 0 Å². The third-order valence-electron chi connectivity index (χ3n) is 7.29. The molecule has 0 fully saturated rings. The molecule has 0 aliphatic carbocycles. The Morgan fingerprint density at radius 3 is 2.40 bits per heavy atom. The highest BCUT2D eigenvalue weighted by Gasteiger charge is 2.55. The first-order valence-electron chi connectivity index (χ1n) is 9.94. The maximum atomic E-state index is 2.60. The lowest BCUT2D eigenvalue weighted by atomic mass is 9.59. The zero-order chi connectivity index (χ0) is 18.0. The summed E-state index contributed by atoms with van der Waals surface area (Å²) in [6.45, 7) is 14.2. The van der Waals surface area contributed by atoms with Crippen molar-refractivity contribution in [2.24, 2.45) is 0 Å². The summed E-state index contributed by atoms with van der Waals surface area (Å²) in [5, 5.41) is 2.86. The summed E-state index contributed by atoms with van der Waals surface area (Å²) in [6.07, 6.45) is 8.10.